The number of nitrogens with zero attached hydrogens (tertiary/aromatic N) is 2. The number of piperidine rings is 2. The van der Waals surface area contributed by atoms with E-state index in [0.717, 1.165) is 51.2 Å². The van der Waals surface area contributed by atoms with Crippen LogP contribution < -0.4 is 5.32 Å². The molecule has 0 radical (unpaired) electrons. The molecule has 2 aliphatic rings. The molecule has 1 atom stereocenters. The predicted octanol–water partition coefficient (Wildman–Crippen LogP) is 3.17. The highest BCUT2D eigenvalue weighted by Crippen LogP contribution is 2.24. The van der Waals surface area contributed by atoms with E-state index in [-0.39, 0.29) is 18.4 Å². The van der Waals surface area contributed by atoms with Crippen molar-refractivity contribution in [2.24, 2.45) is 5.92 Å². The normalized spacial score (nSPS) is 22.9. The molecular weight excluding hydrogens is 348 g/mol. The van der Waals surface area contributed by atoms with E-state index in [1.807, 2.05) is 0 Å². The Morgan fingerprint density at radius 2 is 1.89 bits per heavy atom. The summed E-state index contributed by atoms with van der Waals surface area (Å²) in [6.07, 6.45) is 4.27. The first-order chi connectivity index (χ1) is 12.9. The van der Waals surface area contributed by atoms with Crippen molar-refractivity contribution in [1.82, 2.24) is 15.1 Å². The summed E-state index contributed by atoms with van der Waals surface area (Å²) in [5, 5.41) is 2.90. The molecule has 0 aliphatic carbocycles. The molecule has 4 nitrogen and oxygen atoms in total. The third-order valence-electron chi connectivity index (χ3n) is 6.02. The molecule has 2 saturated heterocycles. The monoisotopic (exact) mass is 379 g/mol. The highest BCUT2D eigenvalue weighted by Gasteiger charge is 2.31. The summed E-state index contributed by atoms with van der Waals surface area (Å²) >= 11 is 0. The molecule has 1 N–H and O–H groups in total. The highest BCUT2D eigenvalue weighted by molar-refractivity contribution is 5.79. The van der Waals surface area contributed by atoms with Gasteiger partial charge in [-0.3, -0.25) is 9.69 Å². The number of likely N-dealkylation sites (tertiary alicyclic amines) is 2. The van der Waals surface area contributed by atoms with Gasteiger partial charge in [0.1, 0.15) is 0 Å². The van der Waals surface area contributed by atoms with E-state index in [4.69, 9.17) is 0 Å². The molecule has 150 valence electrons. The average Bonchev–Trinajstić information content (AvgIpc) is 2.69. The fourth-order valence-corrected chi connectivity index (χ4v) is 4.30. The van der Waals surface area contributed by atoms with Crippen molar-refractivity contribution in [3.8, 4) is 0 Å². The Balaban J connectivity index is 1.48. The smallest absolute Gasteiger partial charge is 0.224 e. The topological polar surface area (TPSA) is 35.6 Å². The van der Waals surface area contributed by atoms with Crippen LogP contribution in [0.15, 0.2) is 18.2 Å². The number of nitrogens with one attached hydrogen (secondary N) is 1. The predicted molar refractivity (Wildman–Crippen MR) is 102 cm³/mol. The first kappa shape index (κ1) is 20.2. The number of halogens is 2. The molecule has 27 heavy (non-hydrogen) atoms. The third kappa shape index (κ3) is 5.26. The SMILES string of the molecule is CC(C)N1CCC(N2CCCC(C(=O)NCc3ccc(F)c(F)c3)C2)CC1. The minimum atomic E-state index is -0.877. The fourth-order valence-electron chi connectivity index (χ4n) is 4.30. The molecule has 0 bridgehead atoms. The molecule has 2 aliphatic heterocycles. The second-order valence-corrected chi connectivity index (χ2v) is 8.16. The molecule has 2 heterocycles. The average molecular weight is 379 g/mol. The van der Waals surface area contributed by atoms with Crippen LogP contribution in [0.25, 0.3) is 0 Å². The zero-order valence-electron chi connectivity index (χ0n) is 16.4. The number of hydrogen-bond acceptors (Lipinski definition) is 3. The van der Waals surface area contributed by atoms with Crippen LogP contribution in [0.2, 0.25) is 0 Å². The first-order valence-electron chi connectivity index (χ1n) is 10.1. The first-order valence-corrected chi connectivity index (χ1v) is 10.1. The zero-order chi connectivity index (χ0) is 19.4. The van der Waals surface area contributed by atoms with Gasteiger partial charge in [-0.1, -0.05) is 6.07 Å². The number of benzene rings is 1. The van der Waals surface area contributed by atoms with Gasteiger partial charge in [-0.25, -0.2) is 8.78 Å². The Morgan fingerprint density at radius 1 is 1.15 bits per heavy atom. The van der Waals surface area contributed by atoms with E-state index in [0.29, 0.717) is 17.6 Å². The summed E-state index contributed by atoms with van der Waals surface area (Å²) in [5.41, 5.74) is 0.580. The number of carbonyl (C=O) groups is 1. The summed E-state index contributed by atoms with van der Waals surface area (Å²) in [7, 11) is 0. The highest BCUT2D eigenvalue weighted by atomic mass is 19.2. The zero-order valence-corrected chi connectivity index (χ0v) is 16.4. The van der Waals surface area contributed by atoms with Gasteiger partial charge in [0.25, 0.3) is 0 Å². The fraction of sp³-hybridized carbons (Fsp3) is 0.667. The molecular formula is C21H31F2N3O. The van der Waals surface area contributed by atoms with Gasteiger partial charge >= 0.3 is 0 Å². The van der Waals surface area contributed by atoms with Gasteiger partial charge in [-0.15, -0.1) is 0 Å². The Kier molecular flexibility index (Phi) is 6.82. The second-order valence-electron chi connectivity index (χ2n) is 8.16. The van der Waals surface area contributed by atoms with Crippen LogP contribution in [-0.4, -0.2) is 54.0 Å². The lowest BCUT2D eigenvalue weighted by atomic mass is 9.93. The summed E-state index contributed by atoms with van der Waals surface area (Å²) in [6, 6.07) is 4.92. The lowest BCUT2D eigenvalue weighted by Gasteiger charge is -2.43. The van der Waals surface area contributed by atoms with E-state index < -0.39 is 11.6 Å². The van der Waals surface area contributed by atoms with Crippen LogP contribution in [-0.2, 0) is 11.3 Å². The Morgan fingerprint density at radius 3 is 2.56 bits per heavy atom. The van der Waals surface area contributed by atoms with Gasteiger partial charge in [-0.05, 0) is 76.9 Å². The molecule has 0 saturated carbocycles. The number of amides is 1. The molecule has 6 heteroatoms. The standard InChI is InChI=1S/C21H31F2N3O/c1-15(2)25-10-7-18(8-11-25)26-9-3-4-17(14-26)21(27)24-13-16-5-6-19(22)20(23)12-16/h5-6,12,15,17-18H,3-4,7-11,13-14H2,1-2H3,(H,24,27). The Labute approximate surface area is 160 Å². The van der Waals surface area contributed by atoms with Crippen molar-refractivity contribution in [3.05, 3.63) is 35.4 Å². The van der Waals surface area contributed by atoms with E-state index in [1.54, 1.807) is 0 Å². The maximum atomic E-state index is 13.3. The molecule has 3 rings (SSSR count). The molecule has 0 aromatic heterocycles. The number of rotatable bonds is 5. The lowest BCUT2D eigenvalue weighted by molar-refractivity contribution is -0.127. The van der Waals surface area contributed by atoms with Gasteiger partial charge in [-0.2, -0.15) is 0 Å². The maximum absolute atomic E-state index is 13.3. The van der Waals surface area contributed by atoms with Crippen molar-refractivity contribution < 1.29 is 13.6 Å². The summed E-state index contributed by atoms with van der Waals surface area (Å²) in [6.45, 7) is 8.86. The molecule has 1 aromatic carbocycles. The van der Waals surface area contributed by atoms with Crippen LogP contribution in [0, 0.1) is 17.6 Å². The quantitative estimate of drug-likeness (QED) is 0.854. The Bertz CT molecular complexity index is 644. The summed E-state index contributed by atoms with van der Waals surface area (Å²) in [5.74, 6) is -1.74. The van der Waals surface area contributed by atoms with Crippen molar-refractivity contribution in [1.29, 1.82) is 0 Å². The number of hydrogen-bond donors (Lipinski definition) is 1. The minimum Gasteiger partial charge on any atom is -0.352 e. The largest absolute Gasteiger partial charge is 0.352 e. The minimum absolute atomic E-state index is 0.0176. The number of carbonyl (C=O) groups excluding carboxylic acids is 1. The van der Waals surface area contributed by atoms with E-state index in [1.165, 1.54) is 18.9 Å². The molecule has 0 spiro atoms. The van der Waals surface area contributed by atoms with E-state index in [9.17, 15) is 13.6 Å². The maximum Gasteiger partial charge on any atom is 0.224 e. The molecule has 1 amide bonds. The van der Waals surface area contributed by atoms with Crippen molar-refractivity contribution in [2.75, 3.05) is 26.2 Å². The second kappa shape index (κ2) is 9.11. The van der Waals surface area contributed by atoms with Gasteiger partial charge in [0.2, 0.25) is 5.91 Å². The molecule has 2 fully saturated rings. The van der Waals surface area contributed by atoms with Gasteiger partial charge in [0, 0.05) is 25.2 Å². The van der Waals surface area contributed by atoms with E-state index >= 15 is 0 Å². The van der Waals surface area contributed by atoms with Crippen LogP contribution in [0.5, 0.6) is 0 Å². The van der Waals surface area contributed by atoms with Crippen LogP contribution >= 0.6 is 0 Å². The van der Waals surface area contributed by atoms with Crippen molar-refractivity contribution in [3.63, 3.8) is 0 Å². The Hall–Kier alpha value is -1.53. The van der Waals surface area contributed by atoms with E-state index in [2.05, 4.69) is 29.0 Å². The van der Waals surface area contributed by atoms with Gasteiger partial charge in [0.05, 0.1) is 5.92 Å². The third-order valence-corrected chi connectivity index (χ3v) is 6.02. The van der Waals surface area contributed by atoms with Crippen LogP contribution in [0.4, 0.5) is 8.78 Å². The lowest BCUT2D eigenvalue weighted by Crippen LogP contribution is -2.51. The van der Waals surface area contributed by atoms with Crippen LogP contribution in [0.3, 0.4) is 0 Å². The summed E-state index contributed by atoms with van der Waals surface area (Å²) < 4.78 is 26.3. The van der Waals surface area contributed by atoms with Crippen molar-refractivity contribution >= 4 is 5.91 Å². The van der Waals surface area contributed by atoms with Crippen LogP contribution in [0.1, 0.15) is 45.1 Å². The molecule has 1 aromatic rings. The van der Waals surface area contributed by atoms with Crippen molar-refractivity contribution in [2.45, 2.75) is 58.2 Å². The molecule has 1 unspecified atom stereocenters. The van der Waals surface area contributed by atoms with Gasteiger partial charge in [0.15, 0.2) is 11.6 Å². The summed E-state index contributed by atoms with van der Waals surface area (Å²) in [4.78, 5) is 17.6. The van der Waals surface area contributed by atoms with Gasteiger partial charge < -0.3 is 10.2 Å².